The number of fused-ring (bicyclic) bond motifs is 2. The Morgan fingerprint density at radius 3 is 2.48 bits per heavy atom. The van der Waals surface area contributed by atoms with Crippen molar-refractivity contribution in [1.29, 1.82) is 0 Å². The molecule has 0 spiro atoms. The van der Waals surface area contributed by atoms with Gasteiger partial charge in [0, 0.05) is 12.1 Å². The van der Waals surface area contributed by atoms with Crippen molar-refractivity contribution < 1.29 is 5.11 Å². The number of aliphatic hydroxyl groups is 1. The number of rotatable bonds is 2. The van der Waals surface area contributed by atoms with E-state index in [0.717, 1.165) is 25.7 Å². The van der Waals surface area contributed by atoms with Gasteiger partial charge in [0.25, 0.3) is 5.95 Å². The van der Waals surface area contributed by atoms with Gasteiger partial charge in [-0.25, -0.2) is 4.98 Å². The number of anilines is 1. The molecule has 0 saturated carbocycles. The first-order valence-corrected chi connectivity index (χ1v) is 7.31. The first-order valence-electron chi connectivity index (χ1n) is 6.93. The van der Waals surface area contributed by atoms with Crippen LogP contribution in [0, 0.1) is 0 Å². The van der Waals surface area contributed by atoms with Crippen molar-refractivity contribution in [3.63, 3.8) is 0 Å². The average Bonchev–Trinajstić information content (AvgIpc) is 3.05. The van der Waals surface area contributed by atoms with Gasteiger partial charge in [-0.3, -0.25) is 0 Å². The van der Waals surface area contributed by atoms with Gasteiger partial charge < -0.3 is 10.0 Å². The maximum Gasteiger partial charge on any atom is 0.258 e. The van der Waals surface area contributed by atoms with E-state index in [2.05, 4.69) is 29.9 Å². The number of nitrogens with zero attached hydrogens (tertiary/aromatic N) is 7. The molecule has 0 aromatic carbocycles. The van der Waals surface area contributed by atoms with E-state index >= 15 is 0 Å². The van der Waals surface area contributed by atoms with E-state index < -0.39 is 0 Å². The fourth-order valence-corrected chi connectivity index (χ4v) is 3.48. The van der Waals surface area contributed by atoms with Crippen LogP contribution in [-0.4, -0.2) is 53.0 Å². The van der Waals surface area contributed by atoms with E-state index in [0.29, 0.717) is 11.9 Å². The molecule has 2 aromatic heterocycles. The van der Waals surface area contributed by atoms with E-state index in [1.165, 1.54) is 17.3 Å². The van der Waals surface area contributed by atoms with Gasteiger partial charge in [-0.1, -0.05) is 0 Å². The summed E-state index contributed by atoms with van der Waals surface area (Å²) in [5, 5.41) is 14.0. The Bertz CT molecular complexity index is 635. The molecule has 0 amide bonds. The number of aliphatic hydroxyl groups excluding tert-OH is 1. The molecule has 0 aliphatic carbocycles. The van der Waals surface area contributed by atoms with Crippen molar-refractivity contribution >= 4 is 17.5 Å². The first kappa shape index (κ1) is 12.9. The minimum Gasteiger partial charge on any atom is -0.393 e. The molecule has 1 N–H and O–H groups in total. The number of hydrogen-bond acceptors (Lipinski definition) is 7. The van der Waals surface area contributed by atoms with Gasteiger partial charge in [-0.2, -0.15) is 24.7 Å². The molecule has 2 atom stereocenters. The molecule has 8 nitrogen and oxygen atoms in total. The Morgan fingerprint density at radius 2 is 1.81 bits per heavy atom. The summed E-state index contributed by atoms with van der Waals surface area (Å²) >= 11 is 6.03. The third-order valence-corrected chi connectivity index (χ3v) is 4.32. The smallest absolute Gasteiger partial charge is 0.258 e. The molecule has 2 aromatic rings. The van der Waals surface area contributed by atoms with E-state index in [-0.39, 0.29) is 23.5 Å². The molecule has 2 bridgehead atoms. The van der Waals surface area contributed by atoms with Crippen molar-refractivity contribution in [1.82, 2.24) is 29.7 Å². The van der Waals surface area contributed by atoms with E-state index in [4.69, 9.17) is 11.6 Å². The van der Waals surface area contributed by atoms with Crippen LogP contribution in [0.1, 0.15) is 25.7 Å². The van der Waals surface area contributed by atoms with Crippen LogP contribution in [0.2, 0.25) is 5.28 Å². The van der Waals surface area contributed by atoms with Crippen LogP contribution in [0.5, 0.6) is 0 Å². The summed E-state index contributed by atoms with van der Waals surface area (Å²) in [6.07, 6.45) is 6.29. The molecule has 9 heteroatoms. The van der Waals surface area contributed by atoms with E-state index in [1.807, 2.05) is 0 Å². The molecule has 2 saturated heterocycles. The van der Waals surface area contributed by atoms with Gasteiger partial charge in [-0.15, -0.1) is 0 Å². The topological polar surface area (TPSA) is 92.8 Å². The Hall–Kier alpha value is -1.80. The molecule has 2 unspecified atom stereocenters. The maximum absolute atomic E-state index is 9.89. The molecule has 0 radical (unpaired) electrons. The fourth-order valence-electron chi connectivity index (χ4n) is 3.33. The maximum atomic E-state index is 9.89. The summed E-state index contributed by atoms with van der Waals surface area (Å²) in [5.41, 5.74) is 0. The highest BCUT2D eigenvalue weighted by Crippen LogP contribution is 2.38. The Balaban J connectivity index is 1.73. The van der Waals surface area contributed by atoms with Crippen LogP contribution in [0.4, 0.5) is 5.95 Å². The SMILES string of the molecule is OC1CC2CCC(C1)N2c1nc(Cl)nc(-n2cncn2)n1. The second-order valence-electron chi connectivity index (χ2n) is 5.46. The zero-order valence-electron chi connectivity index (χ0n) is 11.2. The number of piperidine rings is 1. The lowest BCUT2D eigenvalue weighted by molar-refractivity contribution is 0.125. The summed E-state index contributed by atoms with van der Waals surface area (Å²) in [4.78, 5) is 18.9. The largest absolute Gasteiger partial charge is 0.393 e. The second kappa shape index (κ2) is 4.88. The summed E-state index contributed by atoms with van der Waals surface area (Å²) in [6, 6.07) is 0.529. The van der Waals surface area contributed by atoms with Crippen molar-refractivity contribution in [3.8, 4) is 5.95 Å². The molecule has 4 rings (SSSR count). The van der Waals surface area contributed by atoms with Crippen LogP contribution >= 0.6 is 11.6 Å². The highest BCUT2D eigenvalue weighted by atomic mass is 35.5. The van der Waals surface area contributed by atoms with Gasteiger partial charge in [-0.05, 0) is 37.3 Å². The van der Waals surface area contributed by atoms with E-state index in [9.17, 15) is 5.11 Å². The zero-order valence-corrected chi connectivity index (χ0v) is 11.9. The highest BCUT2D eigenvalue weighted by molar-refractivity contribution is 6.28. The molecule has 2 aliphatic heterocycles. The van der Waals surface area contributed by atoms with Gasteiger partial charge in [0.2, 0.25) is 11.2 Å². The third kappa shape index (κ3) is 2.24. The second-order valence-corrected chi connectivity index (χ2v) is 5.80. The van der Waals surface area contributed by atoms with Gasteiger partial charge in [0.05, 0.1) is 6.10 Å². The lowest BCUT2D eigenvalue weighted by atomic mass is 10.0. The number of aromatic nitrogens is 6. The van der Waals surface area contributed by atoms with Crippen LogP contribution < -0.4 is 4.90 Å². The monoisotopic (exact) mass is 307 g/mol. The summed E-state index contributed by atoms with van der Waals surface area (Å²) in [5.74, 6) is 0.910. The lowest BCUT2D eigenvalue weighted by Crippen LogP contribution is -2.45. The molecule has 4 heterocycles. The molecule has 2 aliphatic rings. The number of hydrogen-bond donors (Lipinski definition) is 1. The zero-order chi connectivity index (χ0) is 14.4. The Kier molecular flexibility index (Phi) is 3.00. The summed E-state index contributed by atoms with van der Waals surface area (Å²) in [7, 11) is 0. The average molecular weight is 308 g/mol. The van der Waals surface area contributed by atoms with Crippen molar-refractivity contribution in [3.05, 3.63) is 17.9 Å². The molecule has 110 valence electrons. The molecule has 21 heavy (non-hydrogen) atoms. The standard InChI is InChI=1S/C12H14ClN7O/c13-10-16-11(19-6-14-5-15-19)18-12(17-10)20-7-1-2-8(20)4-9(21)3-7/h5-9,21H,1-4H2. The summed E-state index contributed by atoms with van der Waals surface area (Å²) < 4.78 is 1.46. The van der Waals surface area contributed by atoms with Crippen molar-refractivity contribution in [2.24, 2.45) is 0 Å². The quantitative estimate of drug-likeness (QED) is 0.868. The third-order valence-electron chi connectivity index (χ3n) is 4.15. The number of halogens is 1. The fraction of sp³-hybridized carbons (Fsp3) is 0.583. The molecule has 2 fully saturated rings. The first-order chi connectivity index (χ1) is 10.2. The van der Waals surface area contributed by atoms with Gasteiger partial charge >= 0.3 is 0 Å². The summed E-state index contributed by atoms with van der Waals surface area (Å²) in [6.45, 7) is 0. The normalized spacial score (nSPS) is 28.1. The van der Waals surface area contributed by atoms with Crippen LogP contribution in [0.15, 0.2) is 12.7 Å². The van der Waals surface area contributed by atoms with Crippen LogP contribution in [0.3, 0.4) is 0 Å². The van der Waals surface area contributed by atoms with Gasteiger partial charge in [0.1, 0.15) is 12.7 Å². The predicted molar refractivity (Wildman–Crippen MR) is 74.3 cm³/mol. The van der Waals surface area contributed by atoms with Crippen molar-refractivity contribution in [2.45, 2.75) is 43.9 Å². The molecular weight excluding hydrogens is 294 g/mol. The Morgan fingerprint density at radius 1 is 1.10 bits per heavy atom. The minimum absolute atomic E-state index is 0.135. The highest BCUT2D eigenvalue weighted by Gasteiger charge is 2.41. The van der Waals surface area contributed by atoms with Gasteiger partial charge in [0.15, 0.2) is 0 Å². The van der Waals surface area contributed by atoms with Crippen molar-refractivity contribution in [2.75, 3.05) is 4.90 Å². The van der Waals surface area contributed by atoms with Crippen LogP contribution in [0.25, 0.3) is 5.95 Å². The van der Waals surface area contributed by atoms with Crippen LogP contribution in [-0.2, 0) is 0 Å². The molecular formula is C12H14ClN7O. The lowest BCUT2D eigenvalue weighted by Gasteiger charge is -2.37. The van der Waals surface area contributed by atoms with E-state index in [1.54, 1.807) is 0 Å². The predicted octanol–water partition coefficient (Wildman–Crippen LogP) is 0.598. The minimum atomic E-state index is -0.231. The Labute approximate surface area is 125 Å².